The molecule has 0 spiro atoms. The Bertz CT molecular complexity index is 1300. The fourth-order valence-corrected chi connectivity index (χ4v) is 7.91. The van der Waals surface area contributed by atoms with E-state index >= 15 is 0 Å². The Labute approximate surface area is 403 Å². The standard InChI is InChI=1S/C54H97O11P/c1-4-7-10-13-16-19-21-23-25-27-29-32-34-37-40-43-52(56)61-47-51(65-54(58)45-42-39-36-33-30-28-26-24-22-20-17-14-11-8-5-2)49-63-66(59,60)62-48-50(46-55)64-53(57)44-41-38-35-31-18-15-12-9-6-3/h16-17,19-20,23-26,50-51,55H,4-15,18,21-22,27-49H2,1-3H3,(H,59,60)/b19-16-,20-17-,25-23-,26-24-. The lowest BCUT2D eigenvalue weighted by Crippen LogP contribution is -2.30. The molecule has 0 saturated carbocycles. The normalized spacial score (nSPS) is 13.8. The van der Waals surface area contributed by atoms with Gasteiger partial charge < -0.3 is 24.2 Å². The molecule has 0 heterocycles. The number of ether oxygens (including phenoxy) is 3. The Balaban J connectivity index is 4.78. The summed E-state index contributed by atoms with van der Waals surface area (Å²) in [4.78, 5) is 48.3. The van der Waals surface area contributed by atoms with Crippen LogP contribution in [0.2, 0.25) is 0 Å². The highest BCUT2D eigenvalue weighted by atomic mass is 31.2. The summed E-state index contributed by atoms with van der Waals surface area (Å²) in [6, 6.07) is 0. The van der Waals surface area contributed by atoms with Crippen molar-refractivity contribution in [1.29, 1.82) is 0 Å². The van der Waals surface area contributed by atoms with Gasteiger partial charge in [0.25, 0.3) is 0 Å². The molecule has 0 aromatic heterocycles. The van der Waals surface area contributed by atoms with Crippen molar-refractivity contribution in [3.05, 3.63) is 48.6 Å². The van der Waals surface area contributed by atoms with Crippen LogP contribution in [0.15, 0.2) is 48.6 Å². The van der Waals surface area contributed by atoms with Gasteiger partial charge in [-0.15, -0.1) is 0 Å². The average Bonchev–Trinajstić information content (AvgIpc) is 3.30. The number of carbonyl (C=O) groups excluding carboxylic acids is 3. The summed E-state index contributed by atoms with van der Waals surface area (Å²) < 4.78 is 39.3. The van der Waals surface area contributed by atoms with Gasteiger partial charge in [-0.05, 0) is 83.5 Å². The van der Waals surface area contributed by atoms with Crippen molar-refractivity contribution in [2.45, 2.75) is 251 Å². The number of phosphoric ester groups is 1. The second kappa shape index (κ2) is 48.9. The zero-order valence-corrected chi connectivity index (χ0v) is 43.1. The fraction of sp³-hybridized carbons (Fsp3) is 0.796. The van der Waals surface area contributed by atoms with Gasteiger partial charge in [-0.3, -0.25) is 23.4 Å². The van der Waals surface area contributed by atoms with Gasteiger partial charge in [-0.2, -0.15) is 0 Å². The minimum Gasteiger partial charge on any atom is -0.462 e. The number of hydrogen-bond donors (Lipinski definition) is 2. The van der Waals surface area contributed by atoms with Gasteiger partial charge in [0.05, 0.1) is 19.8 Å². The van der Waals surface area contributed by atoms with Crippen LogP contribution in [-0.4, -0.2) is 66.5 Å². The number of allylic oxidation sites excluding steroid dienone is 8. The number of aliphatic hydroxyl groups excluding tert-OH is 1. The summed E-state index contributed by atoms with van der Waals surface area (Å²) >= 11 is 0. The van der Waals surface area contributed by atoms with Crippen molar-refractivity contribution < 1.29 is 52.2 Å². The summed E-state index contributed by atoms with van der Waals surface area (Å²) in [5.74, 6) is -1.49. The summed E-state index contributed by atoms with van der Waals surface area (Å²) in [5, 5.41) is 9.74. The van der Waals surface area contributed by atoms with Crippen LogP contribution in [0, 0.1) is 0 Å². The Morgan fingerprint density at radius 2 is 0.742 bits per heavy atom. The van der Waals surface area contributed by atoms with Crippen LogP contribution in [0.25, 0.3) is 0 Å². The van der Waals surface area contributed by atoms with E-state index in [4.69, 9.17) is 23.3 Å². The first-order valence-electron chi connectivity index (χ1n) is 26.5. The molecule has 0 saturated heterocycles. The van der Waals surface area contributed by atoms with Crippen molar-refractivity contribution >= 4 is 25.7 Å². The third-order valence-electron chi connectivity index (χ3n) is 11.2. The number of esters is 3. The molecule has 66 heavy (non-hydrogen) atoms. The molecule has 384 valence electrons. The second-order valence-corrected chi connectivity index (χ2v) is 19.1. The molecule has 3 unspecified atom stereocenters. The van der Waals surface area contributed by atoms with Gasteiger partial charge in [-0.1, -0.05) is 185 Å². The van der Waals surface area contributed by atoms with E-state index in [0.717, 1.165) is 109 Å². The Kier molecular flexibility index (Phi) is 47.0. The molecule has 0 bridgehead atoms. The number of carbonyl (C=O) groups is 3. The number of hydrogen-bond acceptors (Lipinski definition) is 10. The highest BCUT2D eigenvalue weighted by Gasteiger charge is 2.28. The highest BCUT2D eigenvalue weighted by molar-refractivity contribution is 7.47. The molecule has 0 fully saturated rings. The summed E-state index contributed by atoms with van der Waals surface area (Å²) in [6.45, 7) is 4.53. The topological polar surface area (TPSA) is 155 Å². The van der Waals surface area contributed by atoms with E-state index in [2.05, 4.69) is 69.4 Å². The van der Waals surface area contributed by atoms with Crippen molar-refractivity contribution in [1.82, 2.24) is 0 Å². The third kappa shape index (κ3) is 46.5. The van der Waals surface area contributed by atoms with Gasteiger partial charge in [0.15, 0.2) is 6.10 Å². The van der Waals surface area contributed by atoms with Crippen LogP contribution in [-0.2, 0) is 42.2 Å². The smallest absolute Gasteiger partial charge is 0.462 e. The third-order valence-corrected chi connectivity index (χ3v) is 12.2. The van der Waals surface area contributed by atoms with Crippen LogP contribution in [0.4, 0.5) is 0 Å². The maximum absolute atomic E-state index is 12.8. The summed E-state index contributed by atoms with van der Waals surface area (Å²) in [5.41, 5.74) is 0. The minimum atomic E-state index is -4.74. The van der Waals surface area contributed by atoms with Crippen molar-refractivity contribution in [2.75, 3.05) is 26.4 Å². The van der Waals surface area contributed by atoms with Crippen molar-refractivity contribution in [3.63, 3.8) is 0 Å². The predicted molar refractivity (Wildman–Crippen MR) is 270 cm³/mol. The van der Waals surface area contributed by atoms with Crippen molar-refractivity contribution in [3.8, 4) is 0 Å². The van der Waals surface area contributed by atoms with E-state index in [0.29, 0.717) is 19.3 Å². The second-order valence-electron chi connectivity index (χ2n) is 17.7. The van der Waals surface area contributed by atoms with Gasteiger partial charge in [0.1, 0.15) is 12.7 Å². The predicted octanol–water partition coefficient (Wildman–Crippen LogP) is 15.0. The lowest BCUT2D eigenvalue weighted by Gasteiger charge is -2.21. The van der Waals surface area contributed by atoms with E-state index in [1.165, 1.54) is 70.6 Å². The zero-order valence-electron chi connectivity index (χ0n) is 42.2. The van der Waals surface area contributed by atoms with Crippen LogP contribution in [0.1, 0.15) is 239 Å². The molecule has 0 amide bonds. The molecule has 0 radical (unpaired) electrons. The molecular formula is C54H97O11P. The zero-order chi connectivity index (χ0) is 48.4. The summed E-state index contributed by atoms with van der Waals surface area (Å²) in [6.07, 6.45) is 49.4. The van der Waals surface area contributed by atoms with Crippen LogP contribution in [0.3, 0.4) is 0 Å². The Morgan fingerprint density at radius 1 is 0.424 bits per heavy atom. The Morgan fingerprint density at radius 3 is 1.15 bits per heavy atom. The number of aliphatic hydroxyl groups is 1. The first kappa shape index (κ1) is 63.4. The molecule has 0 aliphatic rings. The van der Waals surface area contributed by atoms with Crippen LogP contribution in [0.5, 0.6) is 0 Å². The number of rotatable bonds is 49. The average molecular weight is 953 g/mol. The lowest BCUT2D eigenvalue weighted by atomic mass is 10.1. The highest BCUT2D eigenvalue weighted by Crippen LogP contribution is 2.43. The molecule has 12 heteroatoms. The van der Waals surface area contributed by atoms with Crippen LogP contribution >= 0.6 is 7.82 Å². The molecule has 0 rings (SSSR count). The first-order valence-corrected chi connectivity index (χ1v) is 28.0. The molecule has 0 aromatic rings. The maximum atomic E-state index is 12.8. The largest absolute Gasteiger partial charge is 0.472 e. The SMILES string of the molecule is CCCCC/C=C\C/C=C\CCCCCCCC(=O)OCC(COP(=O)(O)OCC(CO)OC(=O)CCCCCCCCCCC)OC(=O)CCCCCCC/C=C\C/C=C\CCCCC. The van der Waals surface area contributed by atoms with Gasteiger partial charge in [0, 0.05) is 19.3 Å². The van der Waals surface area contributed by atoms with Gasteiger partial charge >= 0.3 is 25.7 Å². The van der Waals surface area contributed by atoms with Crippen molar-refractivity contribution in [2.24, 2.45) is 0 Å². The number of unbranched alkanes of at least 4 members (excludes halogenated alkanes) is 24. The molecule has 11 nitrogen and oxygen atoms in total. The molecule has 0 aromatic carbocycles. The van der Waals surface area contributed by atoms with E-state index < -0.39 is 57.8 Å². The van der Waals surface area contributed by atoms with E-state index in [-0.39, 0.29) is 25.9 Å². The Hall–Kier alpha value is -2.56. The molecular weight excluding hydrogens is 856 g/mol. The lowest BCUT2D eigenvalue weighted by molar-refractivity contribution is -0.161. The summed E-state index contributed by atoms with van der Waals surface area (Å²) in [7, 11) is -4.74. The number of phosphoric acid groups is 1. The monoisotopic (exact) mass is 953 g/mol. The first-order chi connectivity index (χ1) is 32.2. The molecule has 2 N–H and O–H groups in total. The van der Waals surface area contributed by atoms with E-state index in [1.807, 2.05) is 0 Å². The quantitative estimate of drug-likeness (QED) is 0.0197. The molecule has 0 aliphatic carbocycles. The molecule has 0 aliphatic heterocycles. The van der Waals surface area contributed by atoms with Crippen LogP contribution < -0.4 is 0 Å². The minimum absolute atomic E-state index is 0.150. The fourth-order valence-electron chi connectivity index (χ4n) is 7.12. The van der Waals surface area contributed by atoms with E-state index in [1.54, 1.807) is 0 Å². The molecule has 3 atom stereocenters. The van der Waals surface area contributed by atoms with E-state index in [9.17, 15) is 28.9 Å². The maximum Gasteiger partial charge on any atom is 0.472 e. The van der Waals surface area contributed by atoms with Gasteiger partial charge in [0.2, 0.25) is 0 Å². The van der Waals surface area contributed by atoms with Gasteiger partial charge in [-0.25, -0.2) is 4.57 Å².